The molecule has 2 aromatic heterocycles. The highest BCUT2D eigenvalue weighted by atomic mass is 15.1. The molecule has 0 radical (unpaired) electrons. The van der Waals surface area contributed by atoms with Gasteiger partial charge < -0.3 is 10.6 Å². The van der Waals surface area contributed by atoms with Gasteiger partial charge in [0, 0.05) is 36.7 Å². The topological polar surface area (TPSA) is 62.7 Å². The molecule has 2 heterocycles. The Balaban J connectivity index is 1.64. The Morgan fingerprint density at radius 3 is 2.64 bits per heavy atom. The van der Waals surface area contributed by atoms with Crippen LogP contribution in [-0.4, -0.2) is 21.0 Å². The molecule has 0 amide bonds. The van der Waals surface area contributed by atoms with E-state index in [2.05, 4.69) is 25.6 Å². The monoisotopic (exact) mass is 297 g/mol. The number of nitrogens with one attached hydrogen (secondary N) is 2. The first-order chi connectivity index (χ1) is 10.8. The minimum atomic E-state index is 0.552. The summed E-state index contributed by atoms with van der Waals surface area (Å²) in [5.74, 6) is 1.60. The first-order valence-electron chi connectivity index (χ1n) is 8.04. The molecule has 0 bridgehead atoms. The van der Waals surface area contributed by atoms with Crippen molar-refractivity contribution in [2.75, 3.05) is 10.6 Å². The number of anilines is 2. The Morgan fingerprint density at radius 2 is 1.86 bits per heavy atom. The third-order valence-electron chi connectivity index (χ3n) is 4.01. The van der Waals surface area contributed by atoms with Crippen LogP contribution in [0.3, 0.4) is 0 Å². The van der Waals surface area contributed by atoms with Crippen LogP contribution in [0.4, 0.5) is 11.8 Å². The predicted octanol–water partition coefficient (Wildman–Crippen LogP) is 3.54. The summed E-state index contributed by atoms with van der Waals surface area (Å²) in [6.07, 6.45) is 10.1. The highest BCUT2D eigenvalue weighted by Gasteiger charge is 2.14. The van der Waals surface area contributed by atoms with E-state index in [9.17, 15) is 0 Å². The van der Waals surface area contributed by atoms with Crippen LogP contribution in [0.25, 0.3) is 0 Å². The van der Waals surface area contributed by atoms with E-state index >= 15 is 0 Å². The van der Waals surface area contributed by atoms with Gasteiger partial charge in [0.05, 0.1) is 0 Å². The third-order valence-corrected chi connectivity index (χ3v) is 4.01. The second-order valence-electron chi connectivity index (χ2n) is 5.91. The molecule has 116 valence electrons. The summed E-state index contributed by atoms with van der Waals surface area (Å²) in [5, 5.41) is 6.85. The van der Waals surface area contributed by atoms with Crippen molar-refractivity contribution in [3.63, 3.8) is 0 Å². The summed E-state index contributed by atoms with van der Waals surface area (Å²) in [5.41, 5.74) is 2.15. The Labute approximate surface area is 131 Å². The van der Waals surface area contributed by atoms with Crippen molar-refractivity contribution in [1.82, 2.24) is 15.0 Å². The smallest absolute Gasteiger partial charge is 0.225 e. The molecule has 0 atom stereocenters. The Kier molecular flexibility index (Phi) is 4.83. The van der Waals surface area contributed by atoms with E-state index in [-0.39, 0.29) is 0 Å². The molecule has 1 fully saturated rings. The molecule has 0 aromatic carbocycles. The molecule has 1 saturated carbocycles. The third kappa shape index (κ3) is 4.16. The number of hydrogen-bond donors (Lipinski definition) is 2. The standard InChI is InChI=1S/C17H23N5/c1-13-11-16(21-15-5-3-2-4-6-15)22-17(20-13)19-12-14-7-9-18-10-8-14/h7-11,15H,2-6,12H2,1H3,(H2,19,20,21,22). The van der Waals surface area contributed by atoms with E-state index < -0.39 is 0 Å². The first-order valence-corrected chi connectivity index (χ1v) is 8.04. The normalized spacial score (nSPS) is 15.5. The highest BCUT2D eigenvalue weighted by Crippen LogP contribution is 2.21. The molecule has 0 unspecified atom stereocenters. The summed E-state index contributed by atoms with van der Waals surface area (Å²) in [6, 6.07) is 6.55. The average molecular weight is 297 g/mol. The highest BCUT2D eigenvalue weighted by molar-refractivity contribution is 5.43. The lowest BCUT2D eigenvalue weighted by Crippen LogP contribution is -2.23. The maximum absolute atomic E-state index is 4.59. The lowest BCUT2D eigenvalue weighted by molar-refractivity contribution is 0.462. The lowest BCUT2D eigenvalue weighted by Gasteiger charge is -2.23. The van der Waals surface area contributed by atoms with Crippen LogP contribution in [0, 0.1) is 6.92 Å². The largest absolute Gasteiger partial charge is 0.367 e. The molecule has 0 saturated heterocycles. The van der Waals surface area contributed by atoms with Crippen LogP contribution in [0.1, 0.15) is 43.4 Å². The summed E-state index contributed by atoms with van der Waals surface area (Å²) >= 11 is 0. The van der Waals surface area contributed by atoms with Gasteiger partial charge in [-0.3, -0.25) is 4.98 Å². The maximum Gasteiger partial charge on any atom is 0.225 e. The first kappa shape index (κ1) is 14.8. The zero-order chi connectivity index (χ0) is 15.2. The average Bonchev–Trinajstić information content (AvgIpc) is 2.54. The van der Waals surface area contributed by atoms with Crippen molar-refractivity contribution >= 4 is 11.8 Å². The van der Waals surface area contributed by atoms with Gasteiger partial charge in [-0.25, -0.2) is 4.98 Å². The molecule has 2 aromatic rings. The molecule has 1 aliphatic rings. The van der Waals surface area contributed by atoms with Gasteiger partial charge in [-0.15, -0.1) is 0 Å². The van der Waals surface area contributed by atoms with Gasteiger partial charge in [0.1, 0.15) is 5.82 Å². The van der Waals surface area contributed by atoms with Gasteiger partial charge in [0.15, 0.2) is 0 Å². The fourth-order valence-corrected chi connectivity index (χ4v) is 2.86. The van der Waals surface area contributed by atoms with Gasteiger partial charge in [0.2, 0.25) is 5.95 Å². The number of pyridine rings is 1. The molecule has 5 heteroatoms. The Bertz CT molecular complexity index is 593. The molecular weight excluding hydrogens is 274 g/mol. The van der Waals surface area contributed by atoms with E-state index in [1.165, 1.54) is 37.7 Å². The van der Waals surface area contributed by atoms with Crippen LogP contribution >= 0.6 is 0 Å². The number of aromatic nitrogens is 3. The summed E-state index contributed by atoms with van der Waals surface area (Å²) in [7, 11) is 0. The zero-order valence-electron chi connectivity index (χ0n) is 13.0. The Morgan fingerprint density at radius 1 is 1.09 bits per heavy atom. The van der Waals surface area contributed by atoms with Gasteiger partial charge in [-0.1, -0.05) is 19.3 Å². The van der Waals surface area contributed by atoms with Crippen LogP contribution in [0.15, 0.2) is 30.6 Å². The molecule has 2 N–H and O–H groups in total. The van der Waals surface area contributed by atoms with E-state index in [1.54, 1.807) is 12.4 Å². The zero-order valence-corrected chi connectivity index (χ0v) is 13.0. The maximum atomic E-state index is 4.59. The predicted molar refractivity (Wildman–Crippen MR) is 88.8 cm³/mol. The molecule has 22 heavy (non-hydrogen) atoms. The van der Waals surface area contributed by atoms with Crippen LogP contribution in [0.5, 0.6) is 0 Å². The van der Waals surface area contributed by atoms with Gasteiger partial charge in [-0.2, -0.15) is 4.98 Å². The minimum absolute atomic E-state index is 0.552. The van der Waals surface area contributed by atoms with Crippen molar-refractivity contribution in [2.24, 2.45) is 0 Å². The van der Waals surface area contributed by atoms with Crippen molar-refractivity contribution in [2.45, 2.75) is 51.6 Å². The number of nitrogens with zero attached hydrogens (tertiary/aromatic N) is 3. The fourth-order valence-electron chi connectivity index (χ4n) is 2.86. The van der Waals surface area contributed by atoms with Gasteiger partial charge in [0.25, 0.3) is 0 Å². The van der Waals surface area contributed by atoms with Crippen molar-refractivity contribution in [3.8, 4) is 0 Å². The summed E-state index contributed by atoms with van der Waals surface area (Å²) < 4.78 is 0. The van der Waals surface area contributed by atoms with Crippen LogP contribution in [0.2, 0.25) is 0 Å². The van der Waals surface area contributed by atoms with Crippen molar-refractivity contribution in [1.29, 1.82) is 0 Å². The van der Waals surface area contributed by atoms with E-state index in [4.69, 9.17) is 0 Å². The molecule has 1 aliphatic carbocycles. The summed E-state index contributed by atoms with van der Waals surface area (Å²) in [4.78, 5) is 13.1. The van der Waals surface area contributed by atoms with E-state index in [0.29, 0.717) is 18.5 Å². The Hall–Kier alpha value is -2.17. The quantitative estimate of drug-likeness (QED) is 0.884. The molecule has 3 rings (SSSR count). The number of aryl methyl sites for hydroxylation is 1. The SMILES string of the molecule is Cc1cc(NC2CCCCC2)nc(NCc2ccncc2)n1. The molecular formula is C17H23N5. The molecule has 0 aliphatic heterocycles. The van der Waals surface area contributed by atoms with E-state index in [0.717, 1.165) is 11.5 Å². The second kappa shape index (κ2) is 7.20. The minimum Gasteiger partial charge on any atom is -0.367 e. The molecule has 5 nitrogen and oxygen atoms in total. The van der Waals surface area contributed by atoms with Crippen molar-refractivity contribution < 1.29 is 0 Å². The van der Waals surface area contributed by atoms with Crippen LogP contribution < -0.4 is 10.6 Å². The number of rotatable bonds is 5. The lowest BCUT2D eigenvalue weighted by atomic mass is 9.95. The number of hydrogen-bond acceptors (Lipinski definition) is 5. The summed E-state index contributed by atoms with van der Waals surface area (Å²) in [6.45, 7) is 2.71. The van der Waals surface area contributed by atoms with Gasteiger partial charge in [-0.05, 0) is 37.5 Å². The van der Waals surface area contributed by atoms with E-state index in [1.807, 2.05) is 25.1 Å². The fraction of sp³-hybridized carbons (Fsp3) is 0.471. The van der Waals surface area contributed by atoms with Crippen molar-refractivity contribution in [3.05, 3.63) is 41.9 Å². The molecule has 0 spiro atoms. The second-order valence-corrected chi connectivity index (χ2v) is 5.91. The van der Waals surface area contributed by atoms with Crippen LogP contribution in [-0.2, 0) is 6.54 Å². The van der Waals surface area contributed by atoms with Gasteiger partial charge >= 0.3 is 0 Å².